The molecular formula is C22H28N4O2S. The summed E-state index contributed by atoms with van der Waals surface area (Å²) in [5.41, 5.74) is 4.37. The van der Waals surface area contributed by atoms with Gasteiger partial charge in [0.25, 0.3) is 0 Å². The van der Waals surface area contributed by atoms with Gasteiger partial charge in [0.05, 0.1) is 5.69 Å². The van der Waals surface area contributed by atoms with Crippen molar-refractivity contribution in [2.24, 2.45) is 5.92 Å². The highest BCUT2D eigenvalue weighted by molar-refractivity contribution is 7.15. The quantitative estimate of drug-likeness (QED) is 0.841. The third-order valence-electron chi connectivity index (χ3n) is 6.16. The first-order valence-corrected chi connectivity index (χ1v) is 11.1. The second kappa shape index (κ2) is 8.14. The lowest BCUT2D eigenvalue weighted by Crippen LogP contribution is -2.48. The number of nitrogens with zero attached hydrogens (tertiary/aromatic N) is 3. The average Bonchev–Trinajstić information content (AvgIpc) is 3.15. The molecule has 0 radical (unpaired) electrons. The lowest BCUT2D eigenvalue weighted by molar-refractivity contribution is -0.129. The van der Waals surface area contributed by atoms with E-state index in [0.717, 1.165) is 67.5 Å². The van der Waals surface area contributed by atoms with Crippen molar-refractivity contribution in [1.29, 1.82) is 0 Å². The van der Waals surface area contributed by atoms with E-state index in [4.69, 9.17) is 4.98 Å². The number of thiazole rings is 1. The maximum atomic E-state index is 12.9. The Kier molecular flexibility index (Phi) is 5.58. The lowest BCUT2D eigenvalue weighted by atomic mass is 9.90. The van der Waals surface area contributed by atoms with Gasteiger partial charge in [0.1, 0.15) is 0 Å². The molecule has 154 valence electrons. The topological polar surface area (TPSA) is 65.5 Å². The molecule has 1 unspecified atom stereocenters. The van der Waals surface area contributed by atoms with E-state index in [1.54, 1.807) is 18.3 Å². The van der Waals surface area contributed by atoms with Gasteiger partial charge in [-0.1, -0.05) is 12.1 Å². The maximum Gasteiger partial charge on any atom is 0.227 e. The van der Waals surface area contributed by atoms with Crippen molar-refractivity contribution in [3.63, 3.8) is 0 Å². The molecule has 0 saturated carbocycles. The number of hydrogen-bond donors (Lipinski definition) is 1. The minimum absolute atomic E-state index is 0.00901. The van der Waals surface area contributed by atoms with Crippen LogP contribution in [0.1, 0.15) is 35.0 Å². The van der Waals surface area contributed by atoms with E-state index >= 15 is 0 Å². The zero-order chi connectivity index (χ0) is 20.5. The number of rotatable bonds is 3. The van der Waals surface area contributed by atoms with Crippen molar-refractivity contribution in [3.05, 3.63) is 39.9 Å². The molecule has 1 aliphatic heterocycles. The van der Waals surface area contributed by atoms with Gasteiger partial charge >= 0.3 is 0 Å². The van der Waals surface area contributed by atoms with Gasteiger partial charge in [0.15, 0.2) is 5.13 Å². The van der Waals surface area contributed by atoms with Crippen LogP contribution in [-0.4, -0.2) is 47.9 Å². The maximum absolute atomic E-state index is 12.9. The lowest BCUT2D eigenvalue weighted by Gasteiger charge is -2.33. The Morgan fingerprint density at radius 3 is 2.66 bits per heavy atom. The Hall–Kier alpha value is -2.41. The van der Waals surface area contributed by atoms with E-state index in [9.17, 15) is 9.59 Å². The second-order valence-electron chi connectivity index (χ2n) is 8.04. The predicted molar refractivity (Wildman–Crippen MR) is 117 cm³/mol. The number of carbonyl (C=O) groups is 2. The fourth-order valence-corrected chi connectivity index (χ4v) is 5.29. The van der Waals surface area contributed by atoms with Crippen LogP contribution in [0.5, 0.6) is 0 Å². The van der Waals surface area contributed by atoms with E-state index in [0.29, 0.717) is 0 Å². The summed E-state index contributed by atoms with van der Waals surface area (Å²) in [5.74, 6) is 0.237. The van der Waals surface area contributed by atoms with Crippen LogP contribution in [0.25, 0.3) is 0 Å². The highest BCUT2D eigenvalue weighted by Crippen LogP contribution is 2.35. The Bertz CT molecular complexity index is 931. The van der Waals surface area contributed by atoms with E-state index in [-0.39, 0.29) is 17.7 Å². The molecular weight excluding hydrogens is 384 g/mol. The molecule has 2 amide bonds. The molecule has 1 aliphatic carbocycles. The fraction of sp³-hybridized carbons (Fsp3) is 0.500. The number of carbonyl (C=O) groups excluding carboxylic acids is 2. The van der Waals surface area contributed by atoms with Crippen LogP contribution in [0.4, 0.5) is 10.8 Å². The largest absolute Gasteiger partial charge is 0.345 e. The highest BCUT2D eigenvalue weighted by Gasteiger charge is 2.29. The minimum atomic E-state index is -0.00901. The Balaban J connectivity index is 1.41. The molecule has 1 atom stereocenters. The standard InChI is InChI=1S/C22H28N4O2S/c1-14-5-4-6-18(15(14)2)23-21(28)17-7-8-19-20(13-17)29-22(24-19)26-11-9-25(10-12-26)16(3)27/h4-6,17H,7-13H2,1-3H3,(H,23,28). The van der Waals surface area contributed by atoms with Gasteiger partial charge in [-0.2, -0.15) is 0 Å². The van der Waals surface area contributed by atoms with E-state index in [2.05, 4.69) is 23.2 Å². The van der Waals surface area contributed by atoms with Gasteiger partial charge in [-0.25, -0.2) is 4.98 Å². The number of aromatic nitrogens is 1. The molecule has 1 aromatic carbocycles. The van der Waals surface area contributed by atoms with Crippen molar-refractivity contribution < 1.29 is 9.59 Å². The normalized spacial score (nSPS) is 19.1. The summed E-state index contributed by atoms with van der Waals surface area (Å²) in [4.78, 5) is 34.7. The number of benzene rings is 1. The van der Waals surface area contributed by atoms with Crippen LogP contribution < -0.4 is 10.2 Å². The second-order valence-corrected chi connectivity index (χ2v) is 9.10. The Labute approximate surface area is 175 Å². The molecule has 2 aromatic rings. The van der Waals surface area contributed by atoms with Crippen LogP contribution in [-0.2, 0) is 22.4 Å². The summed E-state index contributed by atoms with van der Waals surface area (Å²) < 4.78 is 0. The molecule has 0 bridgehead atoms. The van der Waals surface area contributed by atoms with Gasteiger partial charge < -0.3 is 15.1 Å². The summed E-state index contributed by atoms with van der Waals surface area (Å²) in [6.07, 6.45) is 2.45. The molecule has 6 nitrogen and oxygen atoms in total. The van der Waals surface area contributed by atoms with E-state index < -0.39 is 0 Å². The monoisotopic (exact) mass is 412 g/mol. The predicted octanol–water partition coefficient (Wildman–Crippen LogP) is 3.17. The van der Waals surface area contributed by atoms with Crippen LogP contribution >= 0.6 is 11.3 Å². The third kappa shape index (κ3) is 4.15. The summed E-state index contributed by atoms with van der Waals surface area (Å²) in [5, 5.41) is 4.17. The molecule has 4 rings (SSSR count). The number of amides is 2. The summed E-state index contributed by atoms with van der Waals surface area (Å²) in [6.45, 7) is 8.88. The number of anilines is 2. The zero-order valence-corrected chi connectivity index (χ0v) is 18.1. The van der Waals surface area contributed by atoms with E-state index in [1.807, 2.05) is 24.0 Å². The highest BCUT2D eigenvalue weighted by atomic mass is 32.1. The van der Waals surface area contributed by atoms with Gasteiger partial charge in [-0.15, -0.1) is 11.3 Å². The van der Waals surface area contributed by atoms with Crippen molar-refractivity contribution in [1.82, 2.24) is 9.88 Å². The zero-order valence-electron chi connectivity index (χ0n) is 17.3. The van der Waals surface area contributed by atoms with Gasteiger partial charge in [-0.3, -0.25) is 9.59 Å². The SMILES string of the molecule is CC(=O)N1CCN(c2nc3c(s2)CC(C(=O)Nc2cccc(C)c2C)CC3)CC1. The molecule has 0 spiro atoms. The van der Waals surface area contributed by atoms with Gasteiger partial charge in [0.2, 0.25) is 11.8 Å². The first-order valence-electron chi connectivity index (χ1n) is 10.3. The first-order chi connectivity index (χ1) is 13.9. The number of hydrogen-bond acceptors (Lipinski definition) is 5. The Morgan fingerprint density at radius 2 is 1.93 bits per heavy atom. The number of piperazine rings is 1. The molecule has 2 heterocycles. The van der Waals surface area contributed by atoms with Crippen LogP contribution in [0.15, 0.2) is 18.2 Å². The summed E-state index contributed by atoms with van der Waals surface area (Å²) >= 11 is 1.72. The average molecular weight is 413 g/mol. The summed E-state index contributed by atoms with van der Waals surface area (Å²) in [7, 11) is 0. The van der Waals surface area contributed by atoms with Gasteiger partial charge in [-0.05, 0) is 50.3 Å². The van der Waals surface area contributed by atoms with E-state index in [1.165, 1.54) is 10.4 Å². The number of fused-ring (bicyclic) bond motifs is 1. The van der Waals surface area contributed by atoms with Gasteiger partial charge in [0, 0.05) is 49.6 Å². The van der Waals surface area contributed by atoms with Crippen LogP contribution in [0, 0.1) is 19.8 Å². The number of aryl methyl sites for hydroxylation is 2. The molecule has 1 N–H and O–H groups in total. The molecule has 1 aromatic heterocycles. The third-order valence-corrected chi connectivity index (χ3v) is 7.34. The van der Waals surface area contributed by atoms with Crippen molar-refractivity contribution in [2.45, 2.75) is 40.0 Å². The fourth-order valence-electron chi connectivity index (χ4n) is 4.05. The van der Waals surface area contributed by atoms with Crippen molar-refractivity contribution in [2.75, 3.05) is 36.4 Å². The molecule has 29 heavy (non-hydrogen) atoms. The first kappa shape index (κ1) is 19.9. The smallest absolute Gasteiger partial charge is 0.227 e. The Morgan fingerprint density at radius 1 is 1.17 bits per heavy atom. The molecule has 1 fully saturated rings. The summed E-state index contributed by atoms with van der Waals surface area (Å²) in [6, 6.07) is 6.02. The van der Waals surface area contributed by atoms with Crippen molar-refractivity contribution >= 4 is 34.0 Å². The van der Waals surface area contributed by atoms with Crippen LogP contribution in [0.3, 0.4) is 0 Å². The van der Waals surface area contributed by atoms with Crippen LogP contribution in [0.2, 0.25) is 0 Å². The molecule has 2 aliphatic rings. The molecule has 7 heteroatoms. The molecule has 1 saturated heterocycles. The minimum Gasteiger partial charge on any atom is -0.345 e. The number of nitrogens with one attached hydrogen (secondary N) is 1. The van der Waals surface area contributed by atoms with Crippen molar-refractivity contribution in [3.8, 4) is 0 Å².